The molecule has 2 rings (SSSR count). The molecule has 0 radical (unpaired) electrons. The zero-order valence-corrected chi connectivity index (χ0v) is 9.25. The Hall–Kier alpha value is -0.460. The molecule has 1 aliphatic heterocycles. The van der Waals surface area contributed by atoms with Gasteiger partial charge in [-0.2, -0.15) is 0 Å². The van der Waals surface area contributed by atoms with Gasteiger partial charge in [0.2, 0.25) is 0 Å². The first kappa shape index (κ1) is 10.1. The lowest BCUT2D eigenvalue weighted by molar-refractivity contribution is 0.252. The van der Waals surface area contributed by atoms with Crippen LogP contribution in [0.15, 0.2) is 12.3 Å². The Balaban J connectivity index is 1.90. The molecule has 14 heavy (non-hydrogen) atoms. The summed E-state index contributed by atoms with van der Waals surface area (Å²) >= 11 is 0. The van der Waals surface area contributed by atoms with Gasteiger partial charge in [-0.05, 0) is 38.3 Å². The molecular formula is C13H23N. The van der Waals surface area contributed by atoms with Crippen LogP contribution < -0.4 is 0 Å². The number of hydrogen-bond donors (Lipinski definition) is 0. The van der Waals surface area contributed by atoms with E-state index >= 15 is 0 Å². The Kier molecular flexibility index (Phi) is 3.90. The molecule has 0 bridgehead atoms. The Morgan fingerprint density at radius 2 is 1.64 bits per heavy atom. The van der Waals surface area contributed by atoms with Crippen LogP contribution in [0.1, 0.15) is 57.8 Å². The number of allylic oxidation sites excluding steroid dienone is 1. The lowest BCUT2D eigenvalue weighted by atomic mass is 10.1. The standard InChI is InChI=1S/C13H23N/c1-2-6-10-13(9-5-1)14-11-7-3-4-8-12-14/h7,11,13H,1-6,8-10,12H2. The molecule has 2 aliphatic rings. The van der Waals surface area contributed by atoms with E-state index in [4.69, 9.17) is 0 Å². The minimum Gasteiger partial charge on any atom is -0.375 e. The van der Waals surface area contributed by atoms with Crippen LogP contribution in [0, 0.1) is 0 Å². The summed E-state index contributed by atoms with van der Waals surface area (Å²) in [6, 6.07) is 0.867. The predicted octanol–water partition coefficient (Wildman–Crippen LogP) is 3.71. The van der Waals surface area contributed by atoms with Crippen molar-refractivity contribution >= 4 is 0 Å². The second kappa shape index (κ2) is 5.43. The maximum Gasteiger partial charge on any atom is 0.0284 e. The summed E-state index contributed by atoms with van der Waals surface area (Å²) < 4.78 is 0. The third kappa shape index (κ3) is 2.76. The normalized spacial score (nSPS) is 25.9. The van der Waals surface area contributed by atoms with E-state index < -0.39 is 0 Å². The Morgan fingerprint density at radius 1 is 0.857 bits per heavy atom. The van der Waals surface area contributed by atoms with Crippen molar-refractivity contribution in [2.24, 2.45) is 0 Å². The van der Waals surface area contributed by atoms with E-state index in [1.54, 1.807) is 0 Å². The van der Waals surface area contributed by atoms with Crippen LogP contribution >= 0.6 is 0 Å². The minimum atomic E-state index is 0.867. The Morgan fingerprint density at radius 3 is 2.43 bits per heavy atom. The summed E-state index contributed by atoms with van der Waals surface area (Å²) in [7, 11) is 0. The van der Waals surface area contributed by atoms with Gasteiger partial charge in [-0.3, -0.25) is 0 Å². The van der Waals surface area contributed by atoms with Gasteiger partial charge in [-0.15, -0.1) is 0 Å². The van der Waals surface area contributed by atoms with E-state index in [0.717, 1.165) is 6.04 Å². The molecule has 1 fully saturated rings. The van der Waals surface area contributed by atoms with Crippen molar-refractivity contribution in [2.75, 3.05) is 6.54 Å². The molecule has 0 N–H and O–H groups in total. The van der Waals surface area contributed by atoms with Crippen LogP contribution in [0.3, 0.4) is 0 Å². The topological polar surface area (TPSA) is 3.24 Å². The van der Waals surface area contributed by atoms with Gasteiger partial charge in [0.15, 0.2) is 0 Å². The molecule has 0 amide bonds. The average molecular weight is 193 g/mol. The van der Waals surface area contributed by atoms with E-state index in [0.29, 0.717) is 0 Å². The number of nitrogens with zero attached hydrogens (tertiary/aromatic N) is 1. The molecule has 1 saturated carbocycles. The van der Waals surface area contributed by atoms with Gasteiger partial charge in [-0.1, -0.05) is 31.8 Å². The lowest BCUT2D eigenvalue weighted by Gasteiger charge is -2.29. The van der Waals surface area contributed by atoms with Gasteiger partial charge in [0.05, 0.1) is 0 Å². The molecule has 0 atom stereocenters. The molecule has 1 nitrogen and oxygen atoms in total. The van der Waals surface area contributed by atoms with Crippen molar-refractivity contribution in [1.29, 1.82) is 0 Å². The summed E-state index contributed by atoms with van der Waals surface area (Å²) in [5.74, 6) is 0. The van der Waals surface area contributed by atoms with Crippen molar-refractivity contribution in [2.45, 2.75) is 63.8 Å². The fourth-order valence-corrected chi connectivity index (χ4v) is 2.73. The summed E-state index contributed by atoms with van der Waals surface area (Å²) in [6.45, 7) is 1.31. The first-order valence-electron chi connectivity index (χ1n) is 6.39. The van der Waals surface area contributed by atoms with Gasteiger partial charge in [0.25, 0.3) is 0 Å². The van der Waals surface area contributed by atoms with Gasteiger partial charge >= 0.3 is 0 Å². The SMILES string of the molecule is C1=CN(C2CCCCCC2)CCCC1. The van der Waals surface area contributed by atoms with E-state index in [9.17, 15) is 0 Å². The highest BCUT2D eigenvalue weighted by Crippen LogP contribution is 2.23. The third-order valence-corrected chi connectivity index (χ3v) is 3.63. The Labute approximate surface area is 88.2 Å². The van der Waals surface area contributed by atoms with Crippen LogP contribution in [0.5, 0.6) is 0 Å². The van der Waals surface area contributed by atoms with Gasteiger partial charge in [0, 0.05) is 12.6 Å². The van der Waals surface area contributed by atoms with Crippen molar-refractivity contribution < 1.29 is 0 Å². The molecule has 0 spiro atoms. The van der Waals surface area contributed by atoms with Crippen molar-refractivity contribution in [3.8, 4) is 0 Å². The first-order valence-corrected chi connectivity index (χ1v) is 6.39. The third-order valence-electron chi connectivity index (χ3n) is 3.63. The van der Waals surface area contributed by atoms with Crippen LogP contribution in [-0.2, 0) is 0 Å². The molecule has 1 heteroatoms. The largest absolute Gasteiger partial charge is 0.375 e. The molecular weight excluding hydrogens is 170 g/mol. The summed E-state index contributed by atoms with van der Waals surface area (Å²) in [5.41, 5.74) is 0. The second-order valence-corrected chi connectivity index (χ2v) is 4.76. The minimum absolute atomic E-state index is 0.867. The molecule has 1 heterocycles. The van der Waals surface area contributed by atoms with E-state index in [1.807, 2.05) is 0 Å². The second-order valence-electron chi connectivity index (χ2n) is 4.76. The maximum absolute atomic E-state index is 2.62. The maximum atomic E-state index is 2.62. The van der Waals surface area contributed by atoms with Crippen molar-refractivity contribution in [3.63, 3.8) is 0 Å². The molecule has 0 aromatic rings. The quantitative estimate of drug-likeness (QED) is 0.574. The van der Waals surface area contributed by atoms with E-state index in [1.165, 1.54) is 64.3 Å². The fraction of sp³-hybridized carbons (Fsp3) is 0.846. The monoisotopic (exact) mass is 193 g/mol. The number of rotatable bonds is 1. The lowest BCUT2D eigenvalue weighted by Crippen LogP contribution is -2.30. The first-order chi connectivity index (χ1) is 6.97. The summed E-state index contributed by atoms with van der Waals surface area (Å²) in [5, 5.41) is 0. The molecule has 0 aromatic carbocycles. The summed E-state index contributed by atoms with van der Waals surface area (Å²) in [4.78, 5) is 2.62. The molecule has 1 aliphatic carbocycles. The highest BCUT2D eigenvalue weighted by atomic mass is 15.1. The molecule has 80 valence electrons. The molecule has 0 saturated heterocycles. The van der Waals surface area contributed by atoms with E-state index in [-0.39, 0.29) is 0 Å². The average Bonchev–Trinajstić information content (AvgIpc) is 2.62. The van der Waals surface area contributed by atoms with Crippen LogP contribution in [0.4, 0.5) is 0 Å². The van der Waals surface area contributed by atoms with Crippen LogP contribution in [0.25, 0.3) is 0 Å². The smallest absolute Gasteiger partial charge is 0.0284 e. The van der Waals surface area contributed by atoms with Gasteiger partial charge in [-0.25, -0.2) is 0 Å². The highest BCUT2D eigenvalue weighted by molar-refractivity contribution is 4.90. The van der Waals surface area contributed by atoms with Crippen LogP contribution in [-0.4, -0.2) is 17.5 Å². The Bertz CT molecular complexity index is 178. The van der Waals surface area contributed by atoms with Gasteiger partial charge in [0.1, 0.15) is 0 Å². The highest BCUT2D eigenvalue weighted by Gasteiger charge is 2.17. The molecule has 0 aromatic heterocycles. The molecule has 0 unspecified atom stereocenters. The van der Waals surface area contributed by atoms with Crippen molar-refractivity contribution in [3.05, 3.63) is 12.3 Å². The zero-order chi connectivity index (χ0) is 9.64. The van der Waals surface area contributed by atoms with Gasteiger partial charge < -0.3 is 4.90 Å². The number of hydrogen-bond acceptors (Lipinski definition) is 1. The fourth-order valence-electron chi connectivity index (χ4n) is 2.73. The van der Waals surface area contributed by atoms with E-state index in [2.05, 4.69) is 17.2 Å². The van der Waals surface area contributed by atoms with Crippen molar-refractivity contribution in [1.82, 2.24) is 4.90 Å². The zero-order valence-electron chi connectivity index (χ0n) is 9.25. The predicted molar refractivity (Wildman–Crippen MR) is 61.2 cm³/mol. The summed E-state index contributed by atoms with van der Waals surface area (Å²) in [6.07, 6.45) is 17.5. The van der Waals surface area contributed by atoms with Crippen LogP contribution in [0.2, 0.25) is 0 Å².